The number of benzene rings is 1. The van der Waals surface area contributed by atoms with Crippen LogP contribution in [0.5, 0.6) is 11.5 Å². The van der Waals surface area contributed by atoms with Crippen LogP contribution in [-0.2, 0) is 6.54 Å². The molecule has 4 heteroatoms. The Bertz CT molecular complexity index is 423. The Morgan fingerprint density at radius 2 is 2.28 bits per heavy atom. The molecule has 3 nitrogen and oxygen atoms in total. The summed E-state index contributed by atoms with van der Waals surface area (Å²) in [5, 5.41) is 13.3. The second-order valence-corrected chi connectivity index (χ2v) is 5.75. The van der Waals surface area contributed by atoms with Crippen molar-refractivity contribution in [2.75, 3.05) is 7.11 Å². The van der Waals surface area contributed by atoms with Crippen LogP contribution in [-0.4, -0.2) is 18.3 Å². The molecule has 1 aliphatic rings. The summed E-state index contributed by atoms with van der Waals surface area (Å²) in [7, 11) is 1.57. The molecule has 2 atom stereocenters. The molecular formula is C14H20BrNO2. The average molecular weight is 314 g/mol. The first-order valence-corrected chi connectivity index (χ1v) is 7.23. The minimum atomic E-state index is 0.163. The van der Waals surface area contributed by atoms with Crippen LogP contribution in [0.15, 0.2) is 16.6 Å². The molecule has 0 spiro atoms. The van der Waals surface area contributed by atoms with Gasteiger partial charge in [-0.25, -0.2) is 0 Å². The zero-order chi connectivity index (χ0) is 13.1. The van der Waals surface area contributed by atoms with Crippen molar-refractivity contribution < 1.29 is 9.84 Å². The molecule has 18 heavy (non-hydrogen) atoms. The number of aromatic hydroxyl groups is 1. The third-order valence-corrected chi connectivity index (χ3v) is 4.06. The maximum atomic E-state index is 9.73. The van der Waals surface area contributed by atoms with Crippen molar-refractivity contribution in [3.05, 3.63) is 22.2 Å². The number of halogens is 1. The number of methoxy groups -OCH3 is 1. The smallest absolute Gasteiger partial charge is 0.172 e. The summed E-state index contributed by atoms with van der Waals surface area (Å²) in [5.41, 5.74) is 1.12. The molecule has 0 radical (unpaired) electrons. The number of hydrogen-bond donors (Lipinski definition) is 2. The van der Waals surface area contributed by atoms with E-state index < -0.39 is 0 Å². The quantitative estimate of drug-likeness (QED) is 0.845. The zero-order valence-corrected chi connectivity index (χ0v) is 12.5. The van der Waals surface area contributed by atoms with Gasteiger partial charge in [-0.3, -0.25) is 0 Å². The summed E-state index contributed by atoms with van der Waals surface area (Å²) in [4.78, 5) is 0. The van der Waals surface area contributed by atoms with Gasteiger partial charge in [0.2, 0.25) is 0 Å². The summed E-state index contributed by atoms with van der Waals surface area (Å²) >= 11 is 3.34. The molecule has 0 amide bonds. The van der Waals surface area contributed by atoms with Crippen molar-refractivity contribution in [2.45, 2.75) is 38.8 Å². The number of rotatable bonds is 6. The second-order valence-electron chi connectivity index (χ2n) is 4.90. The fourth-order valence-electron chi connectivity index (χ4n) is 2.32. The molecule has 1 aromatic rings. The molecule has 0 aromatic heterocycles. The third kappa shape index (κ3) is 3.18. The van der Waals surface area contributed by atoms with Crippen molar-refractivity contribution in [1.29, 1.82) is 0 Å². The number of phenolic OH excluding ortho intramolecular Hbond substituents is 1. The SMILES string of the molecule is CCCC1CC1NCc1cc(Br)c(O)c(OC)c1. The Kier molecular flexibility index (Phi) is 4.51. The Morgan fingerprint density at radius 1 is 1.50 bits per heavy atom. The third-order valence-electron chi connectivity index (χ3n) is 3.46. The Hall–Kier alpha value is -0.740. The molecule has 2 rings (SSSR count). The second kappa shape index (κ2) is 5.93. The fourth-order valence-corrected chi connectivity index (χ4v) is 2.81. The van der Waals surface area contributed by atoms with E-state index in [4.69, 9.17) is 4.74 Å². The topological polar surface area (TPSA) is 41.5 Å². The number of ether oxygens (including phenoxy) is 1. The molecule has 1 saturated carbocycles. The first-order valence-electron chi connectivity index (χ1n) is 6.44. The van der Waals surface area contributed by atoms with Crippen LogP contribution in [0.25, 0.3) is 0 Å². The van der Waals surface area contributed by atoms with E-state index >= 15 is 0 Å². The normalized spacial score (nSPS) is 21.9. The van der Waals surface area contributed by atoms with Crippen LogP contribution in [0.2, 0.25) is 0 Å². The van der Waals surface area contributed by atoms with Crippen LogP contribution >= 0.6 is 15.9 Å². The van der Waals surface area contributed by atoms with Gasteiger partial charge in [-0.15, -0.1) is 0 Å². The predicted molar refractivity (Wildman–Crippen MR) is 76.0 cm³/mol. The largest absolute Gasteiger partial charge is 0.503 e. The van der Waals surface area contributed by atoms with Gasteiger partial charge in [0.15, 0.2) is 11.5 Å². The van der Waals surface area contributed by atoms with Gasteiger partial charge >= 0.3 is 0 Å². The first kappa shape index (κ1) is 13.7. The Labute approximate surface area is 117 Å². The van der Waals surface area contributed by atoms with Gasteiger partial charge in [-0.05, 0) is 52.4 Å². The van der Waals surface area contributed by atoms with E-state index in [0.717, 1.165) is 18.0 Å². The van der Waals surface area contributed by atoms with E-state index in [1.54, 1.807) is 7.11 Å². The Balaban J connectivity index is 1.92. The van der Waals surface area contributed by atoms with Crippen molar-refractivity contribution >= 4 is 15.9 Å². The summed E-state index contributed by atoms with van der Waals surface area (Å²) in [6, 6.07) is 4.48. The minimum Gasteiger partial charge on any atom is -0.503 e. The molecule has 1 fully saturated rings. The lowest BCUT2D eigenvalue weighted by Gasteiger charge is -2.10. The molecule has 2 unspecified atom stereocenters. The molecule has 2 N–H and O–H groups in total. The summed E-state index contributed by atoms with van der Waals surface area (Å²) in [5.74, 6) is 1.54. The summed E-state index contributed by atoms with van der Waals surface area (Å²) in [6.07, 6.45) is 3.88. The summed E-state index contributed by atoms with van der Waals surface area (Å²) < 4.78 is 5.82. The fraction of sp³-hybridized carbons (Fsp3) is 0.571. The van der Waals surface area contributed by atoms with Crippen LogP contribution in [0.1, 0.15) is 31.7 Å². The lowest BCUT2D eigenvalue weighted by molar-refractivity contribution is 0.371. The molecule has 1 aliphatic carbocycles. The van der Waals surface area contributed by atoms with Crippen molar-refractivity contribution in [3.63, 3.8) is 0 Å². The lowest BCUT2D eigenvalue weighted by atomic mass is 10.2. The molecule has 0 aliphatic heterocycles. The zero-order valence-electron chi connectivity index (χ0n) is 10.9. The molecule has 1 aromatic carbocycles. The van der Waals surface area contributed by atoms with Gasteiger partial charge < -0.3 is 15.2 Å². The van der Waals surface area contributed by atoms with Crippen molar-refractivity contribution in [2.24, 2.45) is 5.92 Å². The number of phenols is 1. The van der Waals surface area contributed by atoms with E-state index in [9.17, 15) is 5.11 Å². The van der Waals surface area contributed by atoms with Crippen molar-refractivity contribution in [1.82, 2.24) is 5.32 Å². The van der Waals surface area contributed by atoms with E-state index in [1.165, 1.54) is 19.3 Å². The number of nitrogens with one attached hydrogen (secondary N) is 1. The highest BCUT2D eigenvalue weighted by molar-refractivity contribution is 9.10. The molecule has 0 heterocycles. The van der Waals surface area contributed by atoms with E-state index in [0.29, 0.717) is 16.3 Å². The van der Waals surface area contributed by atoms with Gasteiger partial charge in [-0.2, -0.15) is 0 Å². The van der Waals surface area contributed by atoms with Crippen LogP contribution in [0, 0.1) is 5.92 Å². The van der Waals surface area contributed by atoms with Crippen molar-refractivity contribution in [3.8, 4) is 11.5 Å². The Morgan fingerprint density at radius 3 is 2.94 bits per heavy atom. The average Bonchev–Trinajstić information content (AvgIpc) is 3.09. The van der Waals surface area contributed by atoms with Gasteiger partial charge in [-0.1, -0.05) is 13.3 Å². The molecule has 100 valence electrons. The highest BCUT2D eigenvalue weighted by Gasteiger charge is 2.35. The van der Waals surface area contributed by atoms with Gasteiger partial charge in [0.1, 0.15) is 0 Å². The predicted octanol–water partition coefficient (Wildman–Crippen LogP) is 3.44. The van der Waals surface area contributed by atoms with E-state index in [2.05, 4.69) is 28.2 Å². The van der Waals surface area contributed by atoms with Crippen LogP contribution in [0.3, 0.4) is 0 Å². The minimum absolute atomic E-state index is 0.163. The lowest BCUT2D eigenvalue weighted by Crippen LogP contribution is -2.17. The molecular weight excluding hydrogens is 294 g/mol. The van der Waals surface area contributed by atoms with Gasteiger partial charge in [0, 0.05) is 12.6 Å². The standard InChI is InChI=1S/C14H20BrNO2/c1-3-4-10-7-12(10)16-8-9-5-11(15)14(17)13(6-9)18-2/h5-6,10,12,16-17H,3-4,7-8H2,1-2H3. The van der Waals surface area contributed by atoms with Crippen LogP contribution in [0.4, 0.5) is 0 Å². The molecule has 0 bridgehead atoms. The highest BCUT2D eigenvalue weighted by Crippen LogP contribution is 2.37. The maximum Gasteiger partial charge on any atom is 0.172 e. The van der Waals surface area contributed by atoms with E-state index in [1.807, 2.05) is 12.1 Å². The van der Waals surface area contributed by atoms with Crippen LogP contribution < -0.4 is 10.1 Å². The van der Waals surface area contributed by atoms with E-state index in [-0.39, 0.29) is 5.75 Å². The first-order chi connectivity index (χ1) is 8.65. The van der Waals surface area contributed by atoms with Gasteiger partial charge in [0.05, 0.1) is 11.6 Å². The van der Waals surface area contributed by atoms with Gasteiger partial charge in [0.25, 0.3) is 0 Å². The number of hydrogen-bond acceptors (Lipinski definition) is 3. The molecule has 0 saturated heterocycles. The highest BCUT2D eigenvalue weighted by atomic mass is 79.9. The monoisotopic (exact) mass is 313 g/mol. The summed E-state index contributed by atoms with van der Waals surface area (Å²) in [6.45, 7) is 3.05. The maximum absolute atomic E-state index is 9.73.